The van der Waals surface area contributed by atoms with E-state index in [4.69, 9.17) is 5.11 Å². The summed E-state index contributed by atoms with van der Waals surface area (Å²) in [4.78, 5) is 10.6. The molecule has 0 heterocycles. The molecule has 5 heteroatoms. The van der Waals surface area contributed by atoms with Crippen LogP contribution in [0.4, 0.5) is 0 Å². The van der Waals surface area contributed by atoms with Crippen molar-refractivity contribution in [1.82, 2.24) is 0 Å². The van der Waals surface area contributed by atoms with Gasteiger partial charge in [0.15, 0.2) is 0 Å². The molecule has 16 heavy (non-hydrogen) atoms. The van der Waals surface area contributed by atoms with Gasteiger partial charge in [0.25, 0.3) is 0 Å². The summed E-state index contributed by atoms with van der Waals surface area (Å²) >= 11 is 10.3. The Morgan fingerprint density at radius 2 is 1.75 bits per heavy atom. The van der Waals surface area contributed by atoms with Gasteiger partial charge in [0, 0.05) is 19.0 Å². The number of carboxylic acids is 1. The van der Waals surface area contributed by atoms with Gasteiger partial charge in [-0.15, -0.1) is 0 Å². The molecule has 86 valence electrons. The molecular weight excluding hydrogens is 404 g/mol. The van der Waals surface area contributed by atoms with E-state index in [-0.39, 0.29) is 5.57 Å². The lowest BCUT2D eigenvalue weighted by molar-refractivity contribution is -0.132. The normalized spacial score (nSPS) is 10.2. The van der Waals surface area contributed by atoms with Gasteiger partial charge >= 0.3 is 5.97 Å². The highest BCUT2D eigenvalue weighted by Crippen LogP contribution is 2.31. The van der Waals surface area contributed by atoms with Crippen molar-refractivity contribution >= 4 is 53.8 Å². The second-order valence-corrected chi connectivity index (χ2v) is 5.88. The molecule has 0 saturated heterocycles. The molecule has 0 saturated carbocycles. The van der Waals surface area contributed by atoms with Crippen molar-refractivity contribution < 1.29 is 9.90 Å². The summed E-state index contributed by atoms with van der Waals surface area (Å²) in [6.45, 7) is 3.51. The van der Waals surface area contributed by atoms with Crippen LogP contribution >= 0.6 is 47.8 Å². The third-order valence-corrected chi connectivity index (χ3v) is 3.96. The summed E-state index contributed by atoms with van der Waals surface area (Å²) in [5, 5.41) is 8.71. The van der Waals surface area contributed by atoms with Crippen molar-refractivity contribution in [3.63, 3.8) is 0 Å². The van der Waals surface area contributed by atoms with Crippen LogP contribution in [0.5, 0.6) is 0 Å². The van der Waals surface area contributed by atoms with Crippen molar-refractivity contribution in [3.8, 4) is 0 Å². The summed E-state index contributed by atoms with van der Waals surface area (Å²) in [6, 6.07) is 3.87. The van der Waals surface area contributed by atoms with Crippen molar-refractivity contribution in [1.29, 1.82) is 0 Å². The van der Waals surface area contributed by atoms with Crippen molar-refractivity contribution in [3.05, 3.63) is 43.3 Å². The number of halogens is 3. The molecule has 0 radical (unpaired) electrons. The number of rotatable bonds is 4. The predicted molar refractivity (Wildman–Crippen MR) is 74.6 cm³/mol. The van der Waals surface area contributed by atoms with Crippen LogP contribution in [0.2, 0.25) is 0 Å². The van der Waals surface area contributed by atoms with E-state index in [0.717, 1.165) is 19.0 Å². The van der Waals surface area contributed by atoms with Crippen LogP contribution in [-0.4, -0.2) is 11.1 Å². The quantitative estimate of drug-likeness (QED) is 0.737. The summed E-state index contributed by atoms with van der Waals surface area (Å²) in [5.74, 6) is -0.940. The van der Waals surface area contributed by atoms with E-state index >= 15 is 0 Å². The van der Waals surface area contributed by atoms with Crippen molar-refractivity contribution in [2.75, 3.05) is 0 Å². The summed E-state index contributed by atoms with van der Waals surface area (Å²) < 4.78 is 2.87. The van der Waals surface area contributed by atoms with Gasteiger partial charge < -0.3 is 5.11 Å². The zero-order chi connectivity index (χ0) is 12.3. The fourth-order valence-corrected chi connectivity index (χ4v) is 3.85. The predicted octanol–water partition coefficient (Wildman–Crippen LogP) is 4.55. The van der Waals surface area contributed by atoms with Crippen LogP contribution in [0.1, 0.15) is 12.0 Å². The summed E-state index contributed by atoms with van der Waals surface area (Å²) in [5.41, 5.74) is 1.27. The Morgan fingerprint density at radius 1 is 1.25 bits per heavy atom. The Hall–Kier alpha value is -0.130. The van der Waals surface area contributed by atoms with Crippen LogP contribution in [0.15, 0.2) is 37.7 Å². The van der Waals surface area contributed by atoms with Crippen LogP contribution in [0, 0.1) is 0 Å². The molecular formula is C11H9Br3O2. The lowest BCUT2D eigenvalue weighted by Gasteiger charge is -2.08. The summed E-state index contributed by atoms with van der Waals surface area (Å²) in [6.07, 6.45) is 1.08. The van der Waals surface area contributed by atoms with Crippen molar-refractivity contribution in [2.24, 2.45) is 0 Å². The van der Waals surface area contributed by atoms with Gasteiger partial charge in [-0.3, -0.25) is 0 Å². The zero-order valence-corrected chi connectivity index (χ0v) is 13.0. The first kappa shape index (κ1) is 13.9. The van der Waals surface area contributed by atoms with E-state index in [1.807, 2.05) is 12.1 Å². The number of hydrogen-bond donors (Lipinski definition) is 1. The second kappa shape index (κ2) is 5.98. The molecule has 2 nitrogen and oxygen atoms in total. The highest BCUT2D eigenvalue weighted by atomic mass is 79.9. The number of carboxylic acid groups (broad SMARTS) is 1. The minimum atomic E-state index is -0.940. The molecule has 0 unspecified atom stereocenters. The lowest BCUT2D eigenvalue weighted by atomic mass is 10.1. The molecule has 0 amide bonds. The van der Waals surface area contributed by atoms with E-state index in [0.29, 0.717) is 12.8 Å². The molecule has 0 aliphatic carbocycles. The number of carbonyl (C=O) groups is 1. The Morgan fingerprint density at radius 3 is 2.19 bits per heavy atom. The first-order valence-electron chi connectivity index (χ1n) is 4.46. The molecule has 0 aromatic heterocycles. The molecule has 0 atom stereocenters. The fourth-order valence-electron chi connectivity index (χ4n) is 1.19. The monoisotopic (exact) mass is 410 g/mol. The maximum atomic E-state index is 10.6. The smallest absolute Gasteiger partial charge is 0.330 e. The first-order valence-corrected chi connectivity index (χ1v) is 6.84. The Balaban J connectivity index is 2.82. The molecule has 0 bridgehead atoms. The highest BCUT2D eigenvalue weighted by Gasteiger charge is 2.10. The molecule has 0 spiro atoms. The number of benzene rings is 1. The average Bonchev–Trinajstić information content (AvgIpc) is 2.15. The van der Waals surface area contributed by atoms with E-state index in [1.54, 1.807) is 0 Å². The van der Waals surface area contributed by atoms with E-state index in [2.05, 4.69) is 54.4 Å². The van der Waals surface area contributed by atoms with Crippen LogP contribution < -0.4 is 0 Å². The first-order chi connectivity index (χ1) is 7.41. The average molecular weight is 413 g/mol. The zero-order valence-electron chi connectivity index (χ0n) is 8.27. The highest BCUT2D eigenvalue weighted by molar-refractivity contribution is 9.11. The van der Waals surface area contributed by atoms with E-state index in [1.165, 1.54) is 0 Å². The van der Waals surface area contributed by atoms with Gasteiger partial charge in [0.05, 0.1) is 0 Å². The summed E-state index contributed by atoms with van der Waals surface area (Å²) in [7, 11) is 0. The largest absolute Gasteiger partial charge is 0.478 e. The maximum Gasteiger partial charge on any atom is 0.330 e. The van der Waals surface area contributed by atoms with Crippen LogP contribution in [0.25, 0.3) is 0 Å². The maximum absolute atomic E-state index is 10.6. The minimum Gasteiger partial charge on any atom is -0.478 e. The minimum absolute atomic E-state index is 0.224. The Kier molecular flexibility index (Phi) is 5.21. The van der Waals surface area contributed by atoms with Gasteiger partial charge in [-0.2, -0.15) is 0 Å². The molecule has 0 fully saturated rings. The molecule has 1 aromatic carbocycles. The van der Waals surface area contributed by atoms with Gasteiger partial charge in [-0.05, 0) is 30.5 Å². The van der Waals surface area contributed by atoms with E-state index < -0.39 is 5.97 Å². The lowest BCUT2D eigenvalue weighted by Crippen LogP contribution is -2.01. The molecule has 0 aliphatic heterocycles. The van der Waals surface area contributed by atoms with Crippen LogP contribution in [-0.2, 0) is 11.2 Å². The molecule has 1 aromatic rings. The van der Waals surface area contributed by atoms with E-state index in [9.17, 15) is 4.79 Å². The third-order valence-electron chi connectivity index (χ3n) is 2.09. The number of hydrogen-bond acceptors (Lipinski definition) is 1. The molecule has 1 rings (SSSR count). The third kappa shape index (κ3) is 3.71. The Labute approximate surface area is 119 Å². The standard InChI is InChI=1S/C11H9Br3O2/c1-6(11(15)16)2-3-8-9(13)4-7(12)5-10(8)14/h4-5H,1-3H2,(H,15,16). The molecule has 1 N–H and O–H groups in total. The van der Waals surface area contributed by atoms with Gasteiger partial charge in [0.2, 0.25) is 0 Å². The number of aliphatic carboxylic acids is 1. The topological polar surface area (TPSA) is 37.3 Å². The van der Waals surface area contributed by atoms with Crippen molar-refractivity contribution in [2.45, 2.75) is 12.8 Å². The van der Waals surface area contributed by atoms with Gasteiger partial charge in [-0.1, -0.05) is 54.4 Å². The molecule has 0 aliphatic rings. The SMILES string of the molecule is C=C(CCc1c(Br)cc(Br)cc1Br)C(=O)O. The fraction of sp³-hybridized carbons (Fsp3) is 0.182. The van der Waals surface area contributed by atoms with Crippen LogP contribution in [0.3, 0.4) is 0 Å². The van der Waals surface area contributed by atoms with Gasteiger partial charge in [0.1, 0.15) is 0 Å². The second-order valence-electron chi connectivity index (χ2n) is 3.26. The van der Waals surface area contributed by atoms with Gasteiger partial charge in [-0.25, -0.2) is 4.79 Å². The Bertz CT molecular complexity index is 418.